The van der Waals surface area contributed by atoms with Crippen LogP contribution in [0.4, 0.5) is 4.79 Å². The first-order chi connectivity index (χ1) is 36.0. The number of hydrogen-bond donors (Lipinski definition) is 7. The number of imidazole rings is 1. The number of nitrogens with two attached hydrogens (primary N) is 2. The van der Waals surface area contributed by atoms with Crippen molar-refractivity contribution in [2.24, 2.45) is 34.2 Å². The number of aromatic amines is 1. The molecule has 0 unspecified atom stereocenters. The minimum atomic E-state index is -1.38. The number of urea groups is 1. The molecule has 2 saturated heterocycles. The molecule has 0 bridgehead atoms. The predicted octanol–water partition coefficient (Wildman–Crippen LogP) is 4.09. The van der Waals surface area contributed by atoms with E-state index in [1.807, 2.05) is 36.4 Å². The molecule has 9 N–H and O–H groups in total. The molecule has 1 spiro atoms. The fourth-order valence-corrected chi connectivity index (χ4v) is 12.9. The largest absolute Gasteiger partial charge is 0.370 e. The van der Waals surface area contributed by atoms with Gasteiger partial charge in [0.1, 0.15) is 17.4 Å². The Balaban J connectivity index is 1.24. The quantitative estimate of drug-likeness (QED) is 0.0442. The van der Waals surface area contributed by atoms with Gasteiger partial charge in [-0.1, -0.05) is 102 Å². The summed E-state index contributed by atoms with van der Waals surface area (Å²) >= 11 is 0. The zero-order valence-corrected chi connectivity index (χ0v) is 44.1. The number of aliphatic imine (C=N–C) groups is 1. The number of guanidine groups is 1. The van der Waals surface area contributed by atoms with Gasteiger partial charge in [0.2, 0.25) is 17.7 Å². The van der Waals surface area contributed by atoms with Crippen LogP contribution in [0.2, 0.25) is 0 Å². The van der Waals surface area contributed by atoms with Crippen LogP contribution in [0.5, 0.6) is 0 Å². The second kappa shape index (κ2) is 26.2. The Hall–Kier alpha value is -6.61. The van der Waals surface area contributed by atoms with Gasteiger partial charge in [0.25, 0.3) is 5.91 Å². The topological polar surface area (TPSA) is 298 Å². The summed E-state index contributed by atoms with van der Waals surface area (Å²) in [6, 6.07) is 11.2. The Labute approximate surface area is 444 Å². The number of hydrogen-bond acceptors (Lipinski definition) is 13. The number of rotatable bonds is 12. The average Bonchev–Trinajstić information content (AvgIpc) is 4.12. The van der Waals surface area contributed by atoms with E-state index in [0.29, 0.717) is 49.8 Å². The number of nitrogens with one attached hydrogen (secondary N) is 5. The van der Waals surface area contributed by atoms with Crippen LogP contribution < -0.4 is 32.7 Å². The SMILES string of the molecule is CC(=O)[C@@H]1CSSC[C@H](N2C(=O)NC3(CCCCC3)C2=O)C(=O)N[C@H](C)C(=O)C[C@@H](Cc2cnc[nH]2)C(=O)N[C@H](Cc2ccccc2)C(=O)C[C@@H](CCCN=C(N)N)C(=O)N[C@@H](CC2=CCc3ccccc32)C(=O)C1. The van der Waals surface area contributed by atoms with E-state index >= 15 is 0 Å². The summed E-state index contributed by atoms with van der Waals surface area (Å²) in [7, 11) is 2.34. The maximum absolute atomic E-state index is 14.8. The van der Waals surface area contributed by atoms with Crippen molar-refractivity contribution in [3.8, 4) is 0 Å². The number of nitrogens with zero attached hydrogens (tertiary/aromatic N) is 3. The molecule has 3 fully saturated rings. The number of allylic oxidation sites excluding steroid dienone is 1. The Bertz CT molecular complexity index is 2650. The number of Topliss-reactive ketones (excluding diaryl/α,β-unsaturated/α-hetero) is 4. The predicted molar refractivity (Wildman–Crippen MR) is 286 cm³/mol. The van der Waals surface area contributed by atoms with Crippen LogP contribution in [-0.2, 0) is 57.6 Å². The number of benzene rings is 2. The lowest BCUT2D eigenvalue weighted by Crippen LogP contribution is -2.55. The molecule has 3 aromatic rings. The summed E-state index contributed by atoms with van der Waals surface area (Å²) < 4.78 is 0. The van der Waals surface area contributed by atoms with E-state index in [2.05, 4.69) is 36.2 Å². The molecule has 6 amide bonds. The molecule has 0 radical (unpaired) electrons. The van der Waals surface area contributed by atoms with Gasteiger partial charge in [0.15, 0.2) is 23.3 Å². The first-order valence-electron chi connectivity index (χ1n) is 25.8. The number of fused-ring (bicyclic) bond motifs is 1. The van der Waals surface area contributed by atoms with Gasteiger partial charge in [-0.15, -0.1) is 0 Å². The molecule has 75 heavy (non-hydrogen) atoms. The van der Waals surface area contributed by atoms with Gasteiger partial charge in [-0.25, -0.2) is 14.7 Å². The average molecular weight is 1070 g/mol. The fourth-order valence-electron chi connectivity index (χ4n) is 10.3. The Morgan fingerprint density at radius 1 is 0.773 bits per heavy atom. The summed E-state index contributed by atoms with van der Waals surface area (Å²) in [4.78, 5) is 141. The molecule has 400 valence electrons. The molecule has 2 aromatic carbocycles. The molecule has 7 atom stereocenters. The van der Waals surface area contributed by atoms with Gasteiger partial charge in [0, 0.05) is 73.9 Å². The molecule has 3 heterocycles. The van der Waals surface area contributed by atoms with E-state index in [9.17, 15) is 43.2 Å². The maximum Gasteiger partial charge on any atom is 0.325 e. The Morgan fingerprint density at radius 2 is 1.44 bits per heavy atom. The van der Waals surface area contributed by atoms with E-state index in [1.165, 1.54) is 37.2 Å². The number of carbonyl (C=O) groups is 9. The minimum absolute atomic E-state index is 0.00108. The van der Waals surface area contributed by atoms with E-state index in [1.54, 1.807) is 24.3 Å². The molecule has 2 aliphatic carbocycles. The standard InChI is InChI=1S/C54H68N10O9S2/c1-32-45(66)26-38(23-40-28-57-31-59-40)49(70)61-42(22-34-12-5-3-6-13-34)46(67)25-37(15-11-21-58-52(55)56)48(69)62-43(24-36-18-17-35-14-7-8-16-41(35)36)47(68)27-39(33(2)65)29-74-75-30-44(50(71)60-32)64-51(72)54(63-53(64)73)19-9-4-10-20-54/h3,5-8,12-14,16,18,28,31-32,37-39,42-44H,4,9-11,15,17,19-27,29-30H2,1-2H3,(H,57,59)(H,60,71)(H,61,70)(H,62,69)(H,63,73)(H4,55,56,58)/t32-,37-,38-,39+,42-,43+,44+/m1/s1. The van der Waals surface area contributed by atoms with Gasteiger partial charge in [-0.3, -0.25) is 43.3 Å². The van der Waals surface area contributed by atoms with Crippen LogP contribution >= 0.6 is 21.6 Å². The second-order valence-electron chi connectivity index (χ2n) is 20.1. The lowest BCUT2D eigenvalue weighted by molar-refractivity contribution is -0.139. The zero-order chi connectivity index (χ0) is 53.6. The smallest absolute Gasteiger partial charge is 0.325 e. The molecule has 1 saturated carbocycles. The summed E-state index contributed by atoms with van der Waals surface area (Å²) in [5, 5.41) is 11.5. The number of imide groups is 1. The first-order valence-corrected chi connectivity index (χ1v) is 28.2. The van der Waals surface area contributed by atoms with Crippen molar-refractivity contribution in [3.63, 3.8) is 0 Å². The number of H-pyrrole nitrogens is 1. The third-order valence-corrected chi connectivity index (χ3v) is 17.1. The summed E-state index contributed by atoms with van der Waals surface area (Å²) in [5.74, 6) is -7.32. The van der Waals surface area contributed by atoms with Gasteiger partial charge >= 0.3 is 6.03 Å². The lowest BCUT2D eigenvalue weighted by Gasteiger charge is -2.31. The van der Waals surface area contributed by atoms with E-state index in [-0.39, 0.29) is 68.3 Å². The second-order valence-corrected chi connectivity index (χ2v) is 22.7. The van der Waals surface area contributed by atoms with E-state index in [4.69, 9.17) is 11.5 Å². The van der Waals surface area contributed by atoms with E-state index in [0.717, 1.165) is 38.8 Å². The van der Waals surface area contributed by atoms with Gasteiger partial charge in [-0.05, 0) is 74.6 Å². The van der Waals surface area contributed by atoms with Crippen LogP contribution in [0.25, 0.3) is 5.57 Å². The molecule has 2 aliphatic heterocycles. The molecule has 4 aliphatic rings. The van der Waals surface area contributed by atoms with Crippen LogP contribution in [0, 0.1) is 17.8 Å². The zero-order valence-electron chi connectivity index (χ0n) is 42.5. The highest BCUT2D eigenvalue weighted by molar-refractivity contribution is 8.76. The summed E-state index contributed by atoms with van der Waals surface area (Å²) in [6.45, 7) is 2.99. The van der Waals surface area contributed by atoms with Crippen molar-refractivity contribution in [2.75, 3.05) is 18.1 Å². The Kier molecular flexibility index (Phi) is 19.6. The van der Waals surface area contributed by atoms with E-state index < -0.39 is 101 Å². The third kappa shape index (κ3) is 14.8. The van der Waals surface area contributed by atoms with Crippen molar-refractivity contribution < 1.29 is 43.2 Å². The highest BCUT2D eigenvalue weighted by Gasteiger charge is 2.54. The first kappa shape index (κ1) is 56.1. The minimum Gasteiger partial charge on any atom is -0.370 e. The molecule has 21 heteroatoms. The van der Waals surface area contributed by atoms with Crippen molar-refractivity contribution in [1.29, 1.82) is 0 Å². The number of aromatic nitrogens is 2. The van der Waals surface area contributed by atoms with Gasteiger partial charge < -0.3 is 37.7 Å². The summed E-state index contributed by atoms with van der Waals surface area (Å²) in [6.07, 6.45) is 8.30. The van der Waals surface area contributed by atoms with Gasteiger partial charge in [0.05, 0.1) is 30.4 Å². The molecule has 1 aromatic heterocycles. The normalized spacial score (nSPS) is 25.7. The van der Waals surface area contributed by atoms with Crippen LogP contribution in [0.1, 0.15) is 107 Å². The van der Waals surface area contributed by atoms with Crippen LogP contribution in [-0.4, -0.2) is 121 Å². The number of amides is 6. The lowest BCUT2D eigenvalue weighted by atomic mass is 9.81. The number of ketones is 4. The maximum atomic E-state index is 14.8. The molecular weight excluding hydrogens is 997 g/mol. The number of carbonyl (C=O) groups excluding carboxylic acids is 9. The third-order valence-electron chi connectivity index (χ3n) is 14.7. The highest BCUT2D eigenvalue weighted by Crippen LogP contribution is 2.37. The molecular formula is C54H68N10O9S2. The molecule has 19 nitrogen and oxygen atoms in total. The monoisotopic (exact) mass is 1060 g/mol. The summed E-state index contributed by atoms with van der Waals surface area (Å²) in [5.41, 5.74) is 14.2. The highest BCUT2D eigenvalue weighted by atomic mass is 33.1. The van der Waals surface area contributed by atoms with Crippen molar-refractivity contribution >= 4 is 85.9 Å². The van der Waals surface area contributed by atoms with Crippen molar-refractivity contribution in [1.82, 2.24) is 36.1 Å². The van der Waals surface area contributed by atoms with Crippen LogP contribution in [0.3, 0.4) is 0 Å². The van der Waals surface area contributed by atoms with Crippen LogP contribution in [0.15, 0.2) is 78.2 Å². The van der Waals surface area contributed by atoms with Gasteiger partial charge in [-0.2, -0.15) is 0 Å². The molecule has 7 rings (SSSR count). The Morgan fingerprint density at radius 3 is 2.15 bits per heavy atom. The van der Waals surface area contributed by atoms with Crippen molar-refractivity contribution in [3.05, 3.63) is 95.6 Å². The fraction of sp³-hybridized carbons (Fsp3) is 0.500. The van der Waals surface area contributed by atoms with Crippen molar-refractivity contribution in [2.45, 2.75) is 133 Å².